The van der Waals surface area contributed by atoms with Crippen molar-refractivity contribution < 1.29 is 9.31 Å². The van der Waals surface area contributed by atoms with Crippen LogP contribution < -0.4 is 5.46 Å². The lowest BCUT2D eigenvalue weighted by Gasteiger charge is -2.32. The van der Waals surface area contributed by atoms with Gasteiger partial charge in [-0.3, -0.25) is 0 Å². The maximum Gasteiger partial charge on any atom is 0.494 e. The number of benzene rings is 1. The molecular weight excluding hydrogens is 315 g/mol. The minimum Gasteiger partial charge on any atom is -0.399 e. The second kappa shape index (κ2) is 6.21. The first kappa shape index (κ1) is 16.1. The Bertz CT molecular complexity index is 426. The molecule has 1 aliphatic heterocycles. The van der Waals surface area contributed by atoms with Gasteiger partial charge in [0.1, 0.15) is 0 Å². The Morgan fingerprint density at radius 2 is 1.50 bits per heavy atom. The normalized spacial score (nSPS) is 20.4. The highest BCUT2D eigenvalue weighted by Gasteiger charge is 2.51. The molecular formula is C16H24BBrO2. The largest absolute Gasteiger partial charge is 0.494 e. The molecule has 20 heavy (non-hydrogen) atoms. The van der Waals surface area contributed by atoms with Crippen molar-refractivity contribution in [3.63, 3.8) is 0 Å². The van der Waals surface area contributed by atoms with Crippen molar-refractivity contribution in [3.05, 3.63) is 29.8 Å². The molecule has 0 radical (unpaired) electrons. The Kier molecular flexibility index (Phi) is 4.98. The fraction of sp³-hybridized carbons (Fsp3) is 0.625. The summed E-state index contributed by atoms with van der Waals surface area (Å²) in [6.07, 6.45) is 3.58. The minimum atomic E-state index is -0.272. The van der Waals surface area contributed by atoms with E-state index in [2.05, 4.69) is 67.9 Å². The molecule has 0 bridgehead atoms. The van der Waals surface area contributed by atoms with Crippen molar-refractivity contribution in [3.8, 4) is 0 Å². The summed E-state index contributed by atoms with van der Waals surface area (Å²) in [4.78, 5) is 0. The van der Waals surface area contributed by atoms with Crippen LogP contribution in [0.4, 0.5) is 0 Å². The summed E-state index contributed by atoms with van der Waals surface area (Å²) in [6, 6.07) is 8.64. The van der Waals surface area contributed by atoms with Gasteiger partial charge in [-0.1, -0.05) is 40.2 Å². The molecule has 1 aliphatic rings. The van der Waals surface area contributed by atoms with Crippen LogP contribution in [0.3, 0.4) is 0 Å². The van der Waals surface area contributed by atoms with Gasteiger partial charge in [0.25, 0.3) is 0 Å². The molecule has 0 aliphatic carbocycles. The first-order valence-corrected chi connectivity index (χ1v) is 8.48. The topological polar surface area (TPSA) is 18.5 Å². The van der Waals surface area contributed by atoms with E-state index in [-0.39, 0.29) is 18.3 Å². The third kappa shape index (κ3) is 3.47. The summed E-state index contributed by atoms with van der Waals surface area (Å²) in [5, 5.41) is 1.08. The monoisotopic (exact) mass is 338 g/mol. The van der Waals surface area contributed by atoms with E-state index in [1.165, 1.54) is 18.4 Å². The molecule has 1 heterocycles. The number of hydrogen-bond acceptors (Lipinski definition) is 2. The van der Waals surface area contributed by atoms with Crippen LogP contribution in [-0.4, -0.2) is 23.7 Å². The number of rotatable bonds is 5. The number of aryl methyl sites for hydroxylation is 1. The maximum absolute atomic E-state index is 6.06. The smallest absolute Gasteiger partial charge is 0.399 e. The van der Waals surface area contributed by atoms with Gasteiger partial charge in [0.2, 0.25) is 0 Å². The minimum absolute atomic E-state index is 0.253. The molecule has 0 N–H and O–H groups in total. The van der Waals surface area contributed by atoms with Crippen molar-refractivity contribution in [2.24, 2.45) is 0 Å². The lowest BCUT2D eigenvalue weighted by Crippen LogP contribution is -2.41. The van der Waals surface area contributed by atoms with Gasteiger partial charge in [-0.2, -0.15) is 0 Å². The second-order valence-corrected chi connectivity index (χ2v) is 7.27. The van der Waals surface area contributed by atoms with Gasteiger partial charge in [-0.25, -0.2) is 0 Å². The number of alkyl halides is 1. The van der Waals surface area contributed by atoms with E-state index in [0.717, 1.165) is 17.2 Å². The standard InChI is InChI=1S/C16H24BBrO2/c1-15(2)16(3,4)20-17(19-15)14-10-8-13(9-11-14)7-5-6-12-18/h8-11H,5-7,12H2,1-4H3. The second-order valence-electron chi connectivity index (χ2n) is 6.48. The van der Waals surface area contributed by atoms with Crippen LogP contribution in [0.15, 0.2) is 24.3 Å². The highest BCUT2D eigenvalue weighted by Crippen LogP contribution is 2.36. The zero-order chi connectivity index (χ0) is 14.8. The first-order chi connectivity index (χ1) is 9.36. The zero-order valence-electron chi connectivity index (χ0n) is 12.9. The fourth-order valence-electron chi connectivity index (χ4n) is 2.24. The van der Waals surface area contributed by atoms with E-state index in [9.17, 15) is 0 Å². The molecule has 1 saturated heterocycles. The van der Waals surface area contributed by atoms with Crippen molar-refractivity contribution in [1.82, 2.24) is 0 Å². The first-order valence-electron chi connectivity index (χ1n) is 7.36. The molecule has 0 aromatic heterocycles. The van der Waals surface area contributed by atoms with E-state index in [4.69, 9.17) is 9.31 Å². The van der Waals surface area contributed by atoms with Gasteiger partial charge >= 0.3 is 7.12 Å². The molecule has 1 aromatic carbocycles. The summed E-state index contributed by atoms with van der Waals surface area (Å²) in [5.74, 6) is 0. The lowest BCUT2D eigenvalue weighted by molar-refractivity contribution is 0.00578. The van der Waals surface area contributed by atoms with Gasteiger partial charge in [0, 0.05) is 5.33 Å². The molecule has 0 atom stereocenters. The molecule has 4 heteroatoms. The SMILES string of the molecule is CC1(C)OB(c2ccc(CCCCBr)cc2)OC1(C)C. The van der Waals surface area contributed by atoms with Crippen LogP contribution in [0.2, 0.25) is 0 Å². The Morgan fingerprint density at radius 3 is 2.00 bits per heavy atom. The third-order valence-electron chi connectivity index (χ3n) is 4.35. The quantitative estimate of drug-likeness (QED) is 0.463. The van der Waals surface area contributed by atoms with E-state index in [0.29, 0.717) is 0 Å². The summed E-state index contributed by atoms with van der Waals surface area (Å²) in [6.45, 7) is 8.34. The predicted octanol–water partition coefficient (Wildman–Crippen LogP) is 3.70. The Labute approximate surface area is 131 Å². The number of halogens is 1. The molecule has 0 spiro atoms. The van der Waals surface area contributed by atoms with Crippen LogP contribution >= 0.6 is 15.9 Å². The average molecular weight is 339 g/mol. The maximum atomic E-state index is 6.06. The fourth-order valence-corrected chi connectivity index (χ4v) is 2.64. The molecule has 0 amide bonds. The van der Waals surface area contributed by atoms with Crippen molar-refractivity contribution >= 4 is 28.5 Å². The van der Waals surface area contributed by atoms with E-state index >= 15 is 0 Å². The molecule has 2 nitrogen and oxygen atoms in total. The molecule has 1 fully saturated rings. The Balaban J connectivity index is 2.01. The van der Waals surface area contributed by atoms with Crippen LogP contribution in [0.1, 0.15) is 46.1 Å². The molecule has 110 valence electrons. The highest BCUT2D eigenvalue weighted by molar-refractivity contribution is 9.09. The lowest BCUT2D eigenvalue weighted by atomic mass is 9.78. The van der Waals surface area contributed by atoms with Gasteiger partial charge in [-0.05, 0) is 58.0 Å². The molecule has 0 saturated carbocycles. The van der Waals surface area contributed by atoms with Crippen LogP contribution in [0.5, 0.6) is 0 Å². The van der Waals surface area contributed by atoms with Crippen LogP contribution in [-0.2, 0) is 15.7 Å². The zero-order valence-corrected chi connectivity index (χ0v) is 14.5. The number of hydrogen-bond donors (Lipinski definition) is 0. The summed E-state index contributed by atoms with van der Waals surface area (Å²) >= 11 is 3.47. The molecule has 2 rings (SSSR count). The van der Waals surface area contributed by atoms with Crippen LogP contribution in [0.25, 0.3) is 0 Å². The van der Waals surface area contributed by atoms with Crippen LogP contribution in [0, 0.1) is 0 Å². The van der Waals surface area contributed by atoms with Gasteiger partial charge < -0.3 is 9.31 Å². The van der Waals surface area contributed by atoms with Crippen molar-refractivity contribution in [2.45, 2.75) is 58.2 Å². The Hall–Kier alpha value is -0.315. The molecule has 1 aromatic rings. The average Bonchev–Trinajstić information content (AvgIpc) is 2.60. The Morgan fingerprint density at radius 1 is 0.950 bits per heavy atom. The number of unbranched alkanes of at least 4 members (excludes halogenated alkanes) is 1. The van der Waals surface area contributed by atoms with E-state index in [1.54, 1.807) is 0 Å². The van der Waals surface area contributed by atoms with Gasteiger partial charge in [0.05, 0.1) is 11.2 Å². The molecule has 0 unspecified atom stereocenters. The summed E-state index contributed by atoms with van der Waals surface area (Å²) in [7, 11) is -0.253. The van der Waals surface area contributed by atoms with Gasteiger partial charge in [0.15, 0.2) is 0 Å². The van der Waals surface area contributed by atoms with Crippen molar-refractivity contribution in [2.75, 3.05) is 5.33 Å². The third-order valence-corrected chi connectivity index (χ3v) is 4.91. The van der Waals surface area contributed by atoms with Crippen molar-refractivity contribution in [1.29, 1.82) is 0 Å². The highest BCUT2D eigenvalue weighted by atomic mass is 79.9. The predicted molar refractivity (Wildman–Crippen MR) is 88.9 cm³/mol. The van der Waals surface area contributed by atoms with E-state index in [1.807, 2.05) is 0 Å². The van der Waals surface area contributed by atoms with Gasteiger partial charge in [-0.15, -0.1) is 0 Å². The van der Waals surface area contributed by atoms with E-state index < -0.39 is 0 Å². The summed E-state index contributed by atoms with van der Waals surface area (Å²) < 4.78 is 12.1. The summed E-state index contributed by atoms with van der Waals surface area (Å²) in [5.41, 5.74) is 1.94.